The maximum absolute atomic E-state index is 11.9. The first-order valence-corrected chi connectivity index (χ1v) is 7.62. The van der Waals surface area contributed by atoms with Gasteiger partial charge < -0.3 is 30.0 Å². The van der Waals surface area contributed by atoms with E-state index in [1.54, 1.807) is 0 Å². The quantitative estimate of drug-likeness (QED) is 0.370. The highest BCUT2D eigenvalue weighted by Crippen LogP contribution is 2.27. The highest BCUT2D eigenvalue weighted by molar-refractivity contribution is 7.88. The van der Waals surface area contributed by atoms with Crippen LogP contribution in [-0.2, 0) is 10.1 Å². The van der Waals surface area contributed by atoms with Gasteiger partial charge in [-0.2, -0.15) is 35.1 Å². The molecule has 0 spiro atoms. The molecule has 0 saturated carbocycles. The van der Waals surface area contributed by atoms with Gasteiger partial charge in [-0.15, -0.1) is 0 Å². The molecule has 5 N–H and O–H groups in total. The zero-order valence-corrected chi connectivity index (χ0v) is 14.8. The molecule has 8 nitrogen and oxygen atoms in total. The van der Waals surface area contributed by atoms with Crippen molar-refractivity contribution in [2.75, 3.05) is 26.9 Å². The number of hydrogen-bond acceptors (Lipinski definition) is 8. The van der Waals surface area contributed by atoms with E-state index in [1.165, 1.54) is 19.2 Å². The van der Waals surface area contributed by atoms with Crippen LogP contribution in [0.5, 0.6) is 11.5 Å². The topological polar surface area (TPSA) is 139 Å². The Balaban J connectivity index is 0. The number of ether oxygens (including phenoxy) is 1. The summed E-state index contributed by atoms with van der Waals surface area (Å²) in [7, 11) is -4.25. The van der Waals surface area contributed by atoms with Crippen LogP contribution in [0, 0.1) is 0 Å². The Morgan fingerprint density at radius 3 is 1.60 bits per heavy atom. The third-order valence-corrected chi connectivity index (χ3v) is 3.47. The van der Waals surface area contributed by atoms with Gasteiger partial charge in [-0.1, -0.05) is 0 Å². The molecule has 1 aromatic rings. The van der Waals surface area contributed by atoms with E-state index in [4.69, 9.17) is 25.8 Å². The number of halogens is 3. The first kappa shape index (κ1) is 26.0. The number of methoxy groups -OCH3 is 1. The lowest BCUT2D eigenvalue weighted by atomic mass is 10.1. The minimum Gasteiger partial charge on any atom is -0.497 e. The fourth-order valence-corrected chi connectivity index (χ4v) is 1.41. The summed E-state index contributed by atoms with van der Waals surface area (Å²) in [6.07, 6.45) is 0. The molecular formula is C12H20F3NO7S2. The number of aliphatic hydroxyl groups is 3. The van der Waals surface area contributed by atoms with E-state index >= 15 is 0 Å². The molecule has 1 rings (SSSR count). The van der Waals surface area contributed by atoms with Crippen LogP contribution in [-0.4, -0.2) is 61.7 Å². The van der Waals surface area contributed by atoms with Gasteiger partial charge in [0.2, 0.25) is 0 Å². The molecule has 0 unspecified atom stereocenters. The smallest absolute Gasteiger partial charge is 0.497 e. The molecule has 13 heteroatoms. The van der Waals surface area contributed by atoms with Gasteiger partial charge in [0.05, 0.1) is 32.5 Å². The Bertz CT molecular complexity index is 581. The second-order valence-electron chi connectivity index (χ2n) is 4.50. The average molecular weight is 411 g/mol. The normalized spacial score (nSPS) is 11.7. The fraction of sp³-hybridized carbons (Fsp3) is 0.500. The van der Waals surface area contributed by atoms with Crippen LogP contribution >= 0.6 is 13.5 Å². The van der Waals surface area contributed by atoms with E-state index in [1.807, 2.05) is 0 Å². The molecule has 0 radical (unpaired) electrons. The number of aliphatic hydroxyl groups excluding tert-OH is 3. The molecule has 0 aliphatic rings. The molecular weight excluding hydrogens is 391 g/mol. The number of alkyl halides is 3. The maximum Gasteiger partial charge on any atom is 0.534 e. The summed E-state index contributed by atoms with van der Waals surface area (Å²) in [6, 6.07) is 4.67. The van der Waals surface area contributed by atoms with Crippen molar-refractivity contribution in [3.05, 3.63) is 24.3 Å². The maximum atomic E-state index is 11.9. The first-order valence-electron chi connectivity index (χ1n) is 6.21. The molecule has 0 fully saturated rings. The zero-order chi connectivity index (χ0) is 19.0. The predicted octanol–water partition coefficient (Wildman–Crippen LogP) is -0.303. The van der Waals surface area contributed by atoms with E-state index in [2.05, 4.69) is 4.18 Å². The van der Waals surface area contributed by atoms with Crippen molar-refractivity contribution in [3.8, 4) is 11.5 Å². The third kappa shape index (κ3) is 8.60. The lowest BCUT2D eigenvalue weighted by Crippen LogP contribution is -2.50. The molecule has 0 amide bonds. The first-order chi connectivity index (χ1) is 10.9. The molecule has 0 bridgehead atoms. The van der Waals surface area contributed by atoms with Crippen molar-refractivity contribution in [2.24, 2.45) is 5.73 Å². The summed E-state index contributed by atoms with van der Waals surface area (Å²) in [5, 5.41) is 25.0. The van der Waals surface area contributed by atoms with Crippen molar-refractivity contribution >= 4 is 23.6 Å². The van der Waals surface area contributed by atoms with E-state index in [0.717, 1.165) is 12.1 Å². The molecule has 0 atom stereocenters. The monoisotopic (exact) mass is 411 g/mol. The van der Waals surface area contributed by atoms with E-state index in [9.17, 15) is 21.6 Å². The summed E-state index contributed by atoms with van der Waals surface area (Å²) in [5.74, 6) is -0.0603. The van der Waals surface area contributed by atoms with Crippen LogP contribution in [0.1, 0.15) is 0 Å². The Kier molecular flexibility index (Phi) is 11.1. The SMILES string of the molecule is COc1ccc(OS(=O)(=O)C(F)(F)F)cc1.NC(CO)(CO)CO.S. The van der Waals surface area contributed by atoms with Crippen LogP contribution in [0.25, 0.3) is 0 Å². The van der Waals surface area contributed by atoms with Gasteiger partial charge in [0, 0.05) is 0 Å². The minimum atomic E-state index is -5.61. The van der Waals surface area contributed by atoms with Gasteiger partial charge in [-0.05, 0) is 24.3 Å². The molecule has 0 aromatic heterocycles. The number of hydrogen-bond donors (Lipinski definition) is 4. The van der Waals surface area contributed by atoms with Gasteiger partial charge in [0.25, 0.3) is 0 Å². The molecule has 0 saturated heterocycles. The van der Waals surface area contributed by atoms with E-state index in [0.29, 0.717) is 5.75 Å². The van der Waals surface area contributed by atoms with Gasteiger partial charge in [0.15, 0.2) is 0 Å². The van der Waals surface area contributed by atoms with Crippen LogP contribution < -0.4 is 14.7 Å². The molecule has 0 aliphatic heterocycles. The van der Waals surface area contributed by atoms with Crippen molar-refractivity contribution < 1.29 is 45.8 Å². The second-order valence-corrected chi connectivity index (χ2v) is 6.03. The molecule has 0 aliphatic carbocycles. The molecule has 148 valence electrons. The Morgan fingerprint density at radius 1 is 1.00 bits per heavy atom. The van der Waals surface area contributed by atoms with Gasteiger partial charge in [-0.25, -0.2) is 0 Å². The second kappa shape index (κ2) is 10.7. The lowest BCUT2D eigenvalue weighted by molar-refractivity contribution is -0.0500. The van der Waals surface area contributed by atoms with Crippen molar-refractivity contribution in [1.29, 1.82) is 0 Å². The Hall–Kier alpha value is -1.25. The highest BCUT2D eigenvalue weighted by atomic mass is 32.2. The van der Waals surface area contributed by atoms with Crippen LogP contribution in [0.2, 0.25) is 0 Å². The predicted molar refractivity (Wildman–Crippen MR) is 87.2 cm³/mol. The lowest BCUT2D eigenvalue weighted by Gasteiger charge is -2.20. The van der Waals surface area contributed by atoms with Crippen molar-refractivity contribution in [1.82, 2.24) is 0 Å². The number of benzene rings is 1. The van der Waals surface area contributed by atoms with Crippen molar-refractivity contribution in [2.45, 2.75) is 11.0 Å². The Morgan fingerprint density at radius 2 is 1.36 bits per heavy atom. The fourth-order valence-electron chi connectivity index (χ4n) is 0.955. The van der Waals surface area contributed by atoms with Gasteiger partial charge in [0.1, 0.15) is 11.5 Å². The highest BCUT2D eigenvalue weighted by Gasteiger charge is 2.48. The van der Waals surface area contributed by atoms with Crippen LogP contribution in [0.3, 0.4) is 0 Å². The molecule has 1 aromatic carbocycles. The molecule has 25 heavy (non-hydrogen) atoms. The largest absolute Gasteiger partial charge is 0.534 e. The number of nitrogens with two attached hydrogens (primary N) is 1. The van der Waals surface area contributed by atoms with Crippen LogP contribution in [0.15, 0.2) is 24.3 Å². The van der Waals surface area contributed by atoms with Gasteiger partial charge >= 0.3 is 15.6 Å². The third-order valence-electron chi connectivity index (χ3n) is 2.49. The standard InChI is InChI=1S/C8H7F3O4S.C4H11NO3.H2S/c1-14-6-2-4-7(5-3-6)15-16(12,13)8(9,10)11;5-4(1-6,2-7)3-8;/h2-5H,1H3;6-8H,1-3,5H2;1H2. The summed E-state index contributed by atoms with van der Waals surface area (Å²) in [5.41, 5.74) is -1.50. The average Bonchev–Trinajstić information content (AvgIpc) is 2.54. The van der Waals surface area contributed by atoms with Crippen molar-refractivity contribution in [3.63, 3.8) is 0 Å². The summed E-state index contributed by atoms with van der Waals surface area (Å²) in [6.45, 7) is -1.21. The molecule has 0 heterocycles. The zero-order valence-electron chi connectivity index (χ0n) is 13.0. The number of rotatable bonds is 6. The van der Waals surface area contributed by atoms with E-state index < -0.39 is 46.7 Å². The minimum absolute atomic E-state index is 0. The summed E-state index contributed by atoms with van der Waals surface area (Å²) >= 11 is 0. The van der Waals surface area contributed by atoms with Gasteiger partial charge in [-0.3, -0.25) is 0 Å². The van der Waals surface area contributed by atoms with E-state index in [-0.39, 0.29) is 13.5 Å². The summed E-state index contributed by atoms with van der Waals surface area (Å²) < 4.78 is 65.6. The summed E-state index contributed by atoms with van der Waals surface area (Å²) in [4.78, 5) is 0. The Labute approximate surface area is 149 Å². The van der Waals surface area contributed by atoms with Crippen LogP contribution in [0.4, 0.5) is 13.2 Å².